The van der Waals surface area contributed by atoms with Gasteiger partial charge in [-0.1, -0.05) is 49.6 Å². The van der Waals surface area contributed by atoms with Gasteiger partial charge in [-0.15, -0.1) is 0 Å². The van der Waals surface area contributed by atoms with Gasteiger partial charge in [0.1, 0.15) is 10.9 Å². The number of carbonyl (C=O) groups excluding carboxylic acids is 1. The SMILES string of the molecule is C=C(N)c1ncn(CCCCOC(=O)NCc2ccc(NS(=O)(=O)C3CCCCC3)cc2)c1/N=C(\C)Cl. The number of ether oxygens (including phenoxy) is 1. The predicted molar refractivity (Wildman–Crippen MR) is 147 cm³/mol. The van der Waals surface area contributed by atoms with Crippen molar-refractivity contribution >= 4 is 50.1 Å². The number of hydrogen-bond donors (Lipinski definition) is 3. The predicted octanol–water partition coefficient (Wildman–Crippen LogP) is 4.88. The largest absolute Gasteiger partial charge is 0.450 e. The number of unbranched alkanes of at least 4 members (excludes halogenated alkanes) is 1. The van der Waals surface area contributed by atoms with E-state index in [1.54, 1.807) is 37.5 Å². The lowest BCUT2D eigenvalue weighted by Crippen LogP contribution is -2.29. The third-order valence-electron chi connectivity index (χ3n) is 6.04. The summed E-state index contributed by atoms with van der Waals surface area (Å²) in [7, 11) is -3.38. The van der Waals surface area contributed by atoms with E-state index < -0.39 is 16.1 Å². The van der Waals surface area contributed by atoms with Gasteiger partial charge in [-0.2, -0.15) is 0 Å². The number of halogens is 1. The fraction of sp³-hybridized carbons (Fsp3) is 0.480. The molecular formula is C25H35ClN6O4S. The van der Waals surface area contributed by atoms with Crippen molar-refractivity contribution in [2.24, 2.45) is 10.7 Å². The summed E-state index contributed by atoms with van der Waals surface area (Å²) in [4.78, 5) is 20.6. The van der Waals surface area contributed by atoms with Gasteiger partial charge in [0.15, 0.2) is 5.82 Å². The fourth-order valence-electron chi connectivity index (χ4n) is 4.12. The first-order valence-corrected chi connectivity index (χ1v) is 14.3. The zero-order valence-electron chi connectivity index (χ0n) is 21.1. The average Bonchev–Trinajstić information content (AvgIpc) is 3.25. The number of imidazole rings is 1. The van der Waals surface area contributed by atoms with Crippen LogP contribution < -0.4 is 15.8 Å². The molecule has 0 aliphatic heterocycles. The van der Waals surface area contributed by atoms with Gasteiger partial charge in [0.05, 0.1) is 23.9 Å². The highest BCUT2D eigenvalue weighted by molar-refractivity contribution is 7.93. The lowest BCUT2D eigenvalue weighted by molar-refractivity contribution is 0.143. The first kappa shape index (κ1) is 28.5. The Labute approximate surface area is 223 Å². The number of nitrogens with one attached hydrogen (secondary N) is 2. The van der Waals surface area contributed by atoms with Crippen LogP contribution in [0.1, 0.15) is 63.1 Å². The minimum atomic E-state index is -3.38. The molecule has 1 aliphatic rings. The molecule has 0 atom stereocenters. The summed E-state index contributed by atoms with van der Waals surface area (Å²) in [6.45, 7) is 6.51. The summed E-state index contributed by atoms with van der Waals surface area (Å²) in [5, 5.41) is 2.74. The molecule has 1 amide bonds. The van der Waals surface area contributed by atoms with E-state index in [-0.39, 0.29) is 18.4 Å². The number of benzene rings is 1. The smallest absolute Gasteiger partial charge is 0.407 e. The number of rotatable bonds is 12. The quantitative estimate of drug-likeness (QED) is 0.254. The Hall–Kier alpha value is -3.05. The number of carbonyl (C=O) groups is 1. The van der Waals surface area contributed by atoms with Crippen molar-refractivity contribution in [3.8, 4) is 0 Å². The zero-order valence-corrected chi connectivity index (χ0v) is 22.7. The van der Waals surface area contributed by atoms with Gasteiger partial charge in [-0.3, -0.25) is 4.72 Å². The number of aryl methyl sites for hydroxylation is 1. The number of nitrogens with two attached hydrogens (primary N) is 1. The molecule has 3 rings (SSSR count). The van der Waals surface area contributed by atoms with Crippen molar-refractivity contribution in [3.63, 3.8) is 0 Å². The second-order valence-electron chi connectivity index (χ2n) is 9.04. The van der Waals surface area contributed by atoms with E-state index in [1.807, 2.05) is 4.57 Å². The summed E-state index contributed by atoms with van der Waals surface area (Å²) in [6, 6.07) is 6.95. The first-order valence-electron chi connectivity index (χ1n) is 12.4. The van der Waals surface area contributed by atoms with E-state index in [4.69, 9.17) is 22.1 Å². The molecular weight excluding hydrogens is 516 g/mol. The number of hydrogen-bond acceptors (Lipinski definition) is 7. The highest BCUT2D eigenvalue weighted by Gasteiger charge is 2.27. The molecule has 12 heteroatoms. The fourth-order valence-corrected chi connectivity index (χ4v) is 5.78. The third-order valence-corrected chi connectivity index (χ3v) is 8.00. The summed E-state index contributed by atoms with van der Waals surface area (Å²) < 4.78 is 34.9. The molecule has 10 nitrogen and oxygen atoms in total. The lowest BCUT2D eigenvalue weighted by atomic mass is 10.0. The van der Waals surface area contributed by atoms with E-state index in [0.717, 1.165) is 31.2 Å². The van der Waals surface area contributed by atoms with Crippen LogP contribution in [0.3, 0.4) is 0 Å². The van der Waals surface area contributed by atoms with Crippen molar-refractivity contribution in [2.45, 2.75) is 70.2 Å². The van der Waals surface area contributed by atoms with Crippen LogP contribution in [-0.4, -0.2) is 41.1 Å². The third kappa shape index (κ3) is 8.78. The number of sulfonamides is 1. The van der Waals surface area contributed by atoms with Crippen molar-refractivity contribution < 1.29 is 17.9 Å². The molecule has 0 spiro atoms. The number of aliphatic imine (C=N–C) groups is 1. The maximum Gasteiger partial charge on any atom is 0.407 e. The molecule has 1 aliphatic carbocycles. The Morgan fingerprint density at radius 1 is 1.24 bits per heavy atom. The van der Waals surface area contributed by atoms with Gasteiger partial charge in [0.2, 0.25) is 10.0 Å². The molecule has 0 bridgehead atoms. The molecule has 1 aromatic heterocycles. The van der Waals surface area contributed by atoms with E-state index in [0.29, 0.717) is 53.9 Å². The molecule has 0 unspecified atom stereocenters. The Balaban J connectivity index is 1.37. The molecule has 4 N–H and O–H groups in total. The molecule has 1 saturated carbocycles. The second kappa shape index (κ2) is 13.5. The molecule has 0 radical (unpaired) electrons. The standard InChI is InChI=1S/C25H35ClN6O4S/c1-18(27)23-24(30-19(2)26)32(17-29-23)14-6-7-15-36-25(33)28-16-20-10-12-21(13-11-20)31-37(34,35)22-8-4-3-5-9-22/h10-13,17,22,31H,1,3-9,14-16,27H2,2H3,(H,28,33)/b30-19+. The Morgan fingerprint density at radius 2 is 1.95 bits per heavy atom. The Morgan fingerprint density at radius 3 is 2.59 bits per heavy atom. The van der Waals surface area contributed by atoms with Crippen molar-refractivity contribution in [2.75, 3.05) is 11.3 Å². The Bertz CT molecular complexity index is 1200. The molecule has 2 aromatic rings. The van der Waals surface area contributed by atoms with Gasteiger partial charge in [0, 0.05) is 18.8 Å². The van der Waals surface area contributed by atoms with Crippen LogP contribution >= 0.6 is 11.6 Å². The number of amides is 1. The minimum Gasteiger partial charge on any atom is -0.450 e. The first-order chi connectivity index (χ1) is 17.7. The monoisotopic (exact) mass is 550 g/mol. The molecule has 1 fully saturated rings. The molecule has 202 valence electrons. The summed E-state index contributed by atoms with van der Waals surface area (Å²) in [6.07, 6.45) is 6.89. The molecule has 37 heavy (non-hydrogen) atoms. The van der Waals surface area contributed by atoms with Crippen LogP contribution in [0.25, 0.3) is 5.70 Å². The van der Waals surface area contributed by atoms with E-state index in [2.05, 4.69) is 26.6 Å². The topological polar surface area (TPSA) is 141 Å². The number of alkyl carbamates (subject to hydrolysis) is 1. The van der Waals surface area contributed by atoms with E-state index in [9.17, 15) is 13.2 Å². The van der Waals surface area contributed by atoms with Gasteiger partial charge in [0.25, 0.3) is 0 Å². The molecule has 1 heterocycles. The van der Waals surface area contributed by atoms with E-state index >= 15 is 0 Å². The van der Waals surface area contributed by atoms with Gasteiger partial charge in [-0.25, -0.2) is 23.2 Å². The summed E-state index contributed by atoms with van der Waals surface area (Å²) in [5.74, 6) is 0.548. The van der Waals surface area contributed by atoms with Crippen LogP contribution in [0.4, 0.5) is 16.3 Å². The molecule has 0 saturated heterocycles. The normalized spacial score (nSPS) is 14.8. The van der Waals surface area contributed by atoms with Gasteiger partial charge >= 0.3 is 6.09 Å². The molecule has 1 aromatic carbocycles. The lowest BCUT2D eigenvalue weighted by Gasteiger charge is -2.22. The zero-order chi connectivity index (χ0) is 26.8. The minimum absolute atomic E-state index is 0.256. The number of anilines is 1. The average molecular weight is 551 g/mol. The highest BCUT2D eigenvalue weighted by atomic mass is 35.5. The van der Waals surface area contributed by atoms with Gasteiger partial charge < -0.3 is 20.4 Å². The Kier molecular flexibility index (Phi) is 10.4. The van der Waals surface area contributed by atoms with Crippen LogP contribution in [0.5, 0.6) is 0 Å². The van der Waals surface area contributed by atoms with Crippen molar-refractivity contribution in [1.29, 1.82) is 0 Å². The summed E-state index contributed by atoms with van der Waals surface area (Å²) in [5.41, 5.74) is 7.92. The van der Waals surface area contributed by atoms with Crippen LogP contribution in [-0.2, 0) is 27.8 Å². The maximum atomic E-state index is 12.6. The van der Waals surface area contributed by atoms with Crippen LogP contribution in [0, 0.1) is 0 Å². The van der Waals surface area contributed by atoms with E-state index in [1.165, 1.54) is 0 Å². The number of nitrogens with zero attached hydrogens (tertiary/aromatic N) is 3. The highest BCUT2D eigenvalue weighted by Crippen LogP contribution is 2.26. The maximum absolute atomic E-state index is 12.6. The van der Waals surface area contributed by atoms with Crippen molar-refractivity contribution in [1.82, 2.24) is 14.9 Å². The second-order valence-corrected chi connectivity index (χ2v) is 11.6. The van der Waals surface area contributed by atoms with Gasteiger partial charge in [-0.05, 0) is 50.3 Å². The summed E-state index contributed by atoms with van der Waals surface area (Å²) >= 11 is 5.92. The van der Waals surface area contributed by atoms with Crippen molar-refractivity contribution in [3.05, 3.63) is 48.4 Å². The number of aromatic nitrogens is 2. The van der Waals surface area contributed by atoms with Crippen LogP contribution in [0.15, 0.2) is 42.2 Å². The van der Waals surface area contributed by atoms with Crippen LogP contribution in [0.2, 0.25) is 0 Å².